The van der Waals surface area contributed by atoms with Crippen molar-refractivity contribution in [3.63, 3.8) is 0 Å². The summed E-state index contributed by atoms with van der Waals surface area (Å²) in [6.45, 7) is 4.77. The van der Waals surface area contributed by atoms with Gasteiger partial charge in [-0.25, -0.2) is 8.42 Å². The number of nitro groups is 1. The van der Waals surface area contributed by atoms with E-state index in [9.17, 15) is 18.5 Å². The van der Waals surface area contributed by atoms with E-state index in [2.05, 4.69) is 4.72 Å². The molecule has 0 amide bonds. The molecule has 1 rings (SSSR count). The number of hydrogen-bond donors (Lipinski definition) is 1. The van der Waals surface area contributed by atoms with Crippen molar-refractivity contribution in [2.24, 2.45) is 5.92 Å². The molecule has 1 aromatic carbocycles. The molecule has 0 aromatic heterocycles. The first-order chi connectivity index (χ1) is 9.20. The molecule has 20 heavy (non-hydrogen) atoms. The Hall–Kier alpha value is -1.98. The zero-order valence-corrected chi connectivity index (χ0v) is 12.1. The highest BCUT2D eigenvalue weighted by molar-refractivity contribution is 7.89. The van der Waals surface area contributed by atoms with Gasteiger partial charge in [0.2, 0.25) is 10.0 Å². The molecule has 1 N–H and O–H groups in total. The summed E-state index contributed by atoms with van der Waals surface area (Å²) in [6, 6.07) is 4.78. The molecule has 1 unspecified atom stereocenters. The van der Waals surface area contributed by atoms with Crippen LogP contribution in [0.1, 0.15) is 19.4 Å². The van der Waals surface area contributed by atoms with Crippen LogP contribution >= 0.6 is 0 Å². The average molecular weight is 297 g/mol. The van der Waals surface area contributed by atoms with Crippen molar-refractivity contribution in [1.82, 2.24) is 4.72 Å². The molecule has 0 aliphatic heterocycles. The largest absolute Gasteiger partial charge is 0.273 e. The standard InChI is InChI=1S/C12H15N3O4S/c1-8(2)10(7-13)14-20(18,19)12-6-4-5-11(9(12)3)15(16)17/h4-6,8,10,14H,1-3H3. The predicted octanol–water partition coefficient (Wildman–Crippen LogP) is 1.73. The van der Waals surface area contributed by atoms with Gasteiger partial charge in [0.05, 0.1) is 15.9 Å². The highest BCUT2D eigenvalue weighted by Crippen LogP contribution is 2.25. The summed E-state index contributed by atoms with van der Waals surface area (Å²) in [5.41, 5.74) is -0.226. The SMILES string of the molecule is Cc1c([N+](=O)[O-])cccc1S(=O)(=O)NC(C#N)C(C)C. The number of rotatable bonds is 5. The molecule has 0 heterocycles. The van der Waals surface area contributed by atoms with Crippen LogP contribution in [-0.2, 0) is 10.0 Å². The predicted molar refractivity (Wildman–Crippen MR) is 72.4 cm³/mol. The topological polar surface area (TPSA) is 113 Å². The van der Waals surface area contributed by atoms with E-state index in [-0.39, 0.29) is 22.1 Å². The van der Waals surface area contributed by atoms with Gasteiger partial charge in [-0.3, -0.25) is 10.1 Å². The number of nitrogens with one attached hydrogen (secondary N) is 1. The van der Waals surface area contributed by atoms with Crippen LogP contribution in [0.25, 0.3) is 0 Å². The summed E-state index contributed by atoms with van der Waals surface area (Å²) in [5, 5.41) is 19.8. The number of nitro benzene ring substituents is 1. The lowest BCUT2D eigenvalue weighted by atomic mass is 10.1. The van der Waals surface area contributed by atoms with Crippen LogP contribution in [0.15, 0.2) is 23.1 Å². The molecule has 0 aliphatic carbocycles. The first-order valence-corrected chi connectivity index (χ1v) is 7.35. The van der Waals surface area contributed by atoms with E-state index in [1.807, 2.05) is 6.07 Å². The van der Waals surface area contributed by atoms with Gasteiger partial charge < -0.3 is 0 Å². The fourth-order valence-corrected chi connectivity index (χ4v) is 3.19. The van der Waals surface area contributed by atoms with Crippen molar-refractivity contribution >= 4 is 15.7 Å². The average Bonchev–Trinajstić information content (AvgIpc) is 2.35. The molecule has 0 aliphatic rings. The molecule has 0 bridgehead atoms. The van der Waals surface area contributed by atoms with Gasteiger partial charge >= 0.3 is 0 Å². The molecule has 0 radical (unpaired) electrons. The van der Waals surface area contributed by atoms with Crippen LogP contribution in [0.5, 0.6) is 0 Å². The highest BCUT2D eigenvalue weighted by Gasteiger charge is 2.26. The second-order valence-electron chi connectivity index (χ2n) is 4.63. The number of nitrogens with zero attached hydrogens (tertiary/aromatic N) is 2. The van der Waals surface area contributed by atoms with E-state index in [0.717, 1.165) is 0 Å². The summed E-state index contributed by atoms with van der Waals surface area (Å²) in [4.78, 5) is 10.00. The first-order valence-electron chi connectivity index (χ1n) is 5.86. The molecule has 1 atom stereocenters. The Labute approximate surface area is 117 Å². The minimum Gasteiger partial charge on any atom is -0.258 e. The highest BCUT2D eigenvalue weighted by atomic mass is 32.2. The van der Waals surface area contributed by atoms with Crippen LogP contribution in [0.4, 0.5) is 5.69 Å². The minimum atomic E-state index is -3.98. The van der Waals surface area contributed by atoms with Gasteiger partial charge in [-0.1, -0.05) is 19.9 Å². The number of sulfonamides is 1. The third kappa shape index (κ3) is 3.31. The van der Waals surface area contributed by atoms with Crippen LogP contribution in [0.2, 0.25) is 0 Å². The second-order valence-corrected chi connectivity index (χ2v) is 6.31. The van der Waals surface area contributed by atoms with Gasteiger partial charge in [-0.05, 0) is 18.9 Å². The fraction of sp³-hybridized carbons (Fsp3) is 0.417. The van der Waals surface area contributed by atoms with E-state index in [0.29, 0.717) is 0 Å². The molecule has 1 aromatic rings. The Balaban J connectivity index is 3.27. The van der Waals surface area contributed by atoms with Gasteiger partial charge in [0, 0.05) is 11.6 Å². The van der Waals surface area contributed by atoms with Crippen molar-refractivity contribution < 1.29 is 13.3 Å². The molecule has 108 valence electrons. The summed E-state index contributed by atoms with van der Waals surface area (Å²) in [6.07, 6.45) is 0. The molecule has 7 nitrogen and oxygen atoms in total. The van der Waals surface area contributed by atoms with E-state index in [1.165, 1.54) is 25.1 Å². The molecular formula is C12H15N3O4S. The summed E-state index contributed by atoms with van der Waals surface area (Å²) in [5.74, 6) is -0.214. The molecule has 0 saturated heterocycles. The minimum absolute atomic E-state index is 0.0467. The molecule has 0 saturated carbocycles. The molecule has 8 heteroatoms. The zero-order chi connectivity index (χ0) is 15.5. The molecule has 0 spiro atoms. The first kappa shape index (κ1) is 16.1. The van der Waals surface area contributed by atoms with Gasteiger partial charge in [0.15, 0.2) is 0 Å². The van der Waals surface area contributed by atoms with Crippen LogP contribution < -0.4 is 4.72 Å². The Morgan fingerprint density at radius 2 is 2.00 bits per heavy atom. The van der Waals surface area contributed by atoms with E-state index in [4.69, 9.17) is 5.26 Å². The Bertz CT molecular complexity index is 662. The monoisotopic (exact) mass is 297 g/mol. The van der Waals surface area contributed by atoms with Gasteiger partial charge in [-0.2, -0.15) is 9.98 Å². The van der Waals surface area contributed by atoms with E-state index >= 15 is 0 Å². The quantitative estimate of drug-likeness (QED) is 0.656. The molecule has 0 fully saturated rings. The van der Waals surface area contributed by atoms with Crippen molar-refractivity contribution in [3.8, 4) is 6.07 Å². The Kier molecular flexibility index (Phi) is 4.81. The maximum Gasteiger partial charge on any atom is 0.273 e. The lowest BCUT2D eigenvalue weighted by Gasteiger charge is -2.16. The van der Waals surface area contributed by atoms with Gasteiger partial charge in [-0.15, -0.1) is 0 Å². The second kappa shape index (κ2) is 5.98. The summed E-state index contributed by atoms with van der Waals surface area (Å²) in [7, 11) is -3.98. The third-order valence-electron chi connectivity index (χ3n) is 2.83. The van der Waals surface area contributed by atoms with Crippen molar-refractivity contribution in [2.45, 2.75) is 31.7 Å². The third-order valence-corrected chi connectivity index (χ3v) is 4.42. The van der Waals surface area contributed by atoms with Crippen LogP contribution in [0.3, 0.4) is 0 Å². The zero-order valence-electron chi connectivity index (χ0n) is 11.3. The van der Waals surface area contributed by atoms with E-state index in [1.54, 1.807) is 13.8 Å². The fourth-order valence-electron chi connectivity index (χ4n) is 1.63. The maximum absolute atomic E-state index is 12.2. The molecular weight excluding hydrogens is 282 g/mol. The normalized spacial score (nSPS) is 12.9. The smallest absolute Gasteiger partial charge is 0.258 e. The number of benzene rings is 1. The maximum atomic E-state index is 12.2. The number of hydrogen-bond acceptors (Lipinski definition) is 5. The van der Waals surface area contributed by atoms with E-state index < -0.39 is 21.0 Å². The Morgan fingerprint density at radius 1 is 1.40 bits per heavy atom. The Morgan fingerprint density at radius 3 is 2.45 bits per heavy atom. The lowest BCUT2D eigenvalue weighted by Crippen LogP contribution is -2.37. The van der Waals surface area contributed by atoms with Crippen molar-refractivity contribution in [3.05, 3.63) is 33.9 Å². The van der Waals surface area contributed by atoms with Crippen LogP contribution in [0, 0.1) is 34.3 Å². The summed E-state index contributed by atoms with van der Waals surface area (Å²) < 4.78 is 26.7. The number of nitriles is 1. The summed E-state index contributed by atoms with van der Waals surface area (Å²) >= 11 is 0. The van der Waals surface area contributed by atoms with Crippen molar-refractivity contribution in [2.75, 3.05) is 0 Å². The lowest BCUT2D eigenvalue weighted by molar-refractivity contribution is -0.385. The van der Waals surface area contributed by atoms with Crippen LogP contribution in [-0.4, -0.2) is 19.4 Å². The van der Waals surface area contributed by atoms with Gasteiger partial charge in [0.25, 0.3) is 5.69 Å². The van der Waals surface area contributed by atoms with Gasteiger partial charge in [0.1, 0.15) is 6.04 Å². The van der Waals surface area contributed by atoms with Crippen molar-refractivity contribution in [1.29, 1.82) is 5.26 Å².